The van der Waals surface area contributed by atoms with E-state index in [9.17, 15) is 4.39 Å². The van der Waals surface area contributed by atoms with E-state index in [1.165, 1.54) is 12.1 Å². The Morgan fingerprint density at radius 2 is 2.28 bits per heavy atom. The smallest absolute Gasteiger partial charge is 0.126 e. The first kappa shape index (κ1) is 13.0. The molecule has 0 fully saturated rings. The number of aromatic nitrogens is 2. The number of hydrogen-bond donors (Lipinski definition) is 2. The van der Waals surface area contributed by atoms with Gasteiger partial charge in [-0.05, 0) is 36.2 Å². The summed E-state index contributed by atoms with van der Waals surface area (Å²) in [5.74, 6) is 5.23. The number of nitrogens with zero attached hydrogens (tertiary/aromatic N) is 2. The third-order valence-electron chi connectivity index (χ3n) is 2.85. The van der Waals surface area contributed by atoms with Crippen molar-refractivity contribution in [2.75, 3.05) is 0 Å². The molecule has 0 aliphatic rings. The molecule has 0 bridgehead atoms. The standard InChI is InChI=1S/C12H14ClFN4/c1-18-12(4-5-16-18)11(17-15)7-8-6-9(13)2-3-10(8)14/h2-6,11,17H,7,15H2,1H3. The fourth-order valence-electron chi connectivity index (χ4n) is 1.89. The highest BCUT2D eigenvalue weighted by atomic mass is 35.5. The monoisotopic (exact) mass is 268 g/mol. The lowest BCUT2D eigenvalue weighted by molar-refractivity contribution is 0.495. The van der Waals surface area contributed by atoms with Gasteiger partial charge in [-0.25, -0.2) is 4.39 Å². The van der Waals surface area contributed by atoms with Gasteiger partial charge in [0.05, 0.1) is 11.7 Å². The molecule has 6 heteroatoms. The molecule has 1 heterocycles. The highest BCUT2D eigenvalue weighted by Crippen LogP contribution is 2.21. The Kier molecular flexibility index (Phi) is 3.96. The van der Waals surface area contributed by atoms with E-state index in [2.05, 4.69) is 10.5 Å². The van der Waals surface area contributed by atoms with E-state index in [0.717, 1.165) is 5.69 Å². The van der Waals surface area contributed by atoms with Gasteiger partial charge in [0.15, 0.2) is 0 Å². The number of nitrogens with one attached hydrogen (secondary N) is 1. The molecule has 96 valence electrons. The second kappa shape index (κ2) is 5.48. The molecule has 0 radical (unpaired) electrons. The van der Waals surface area contributed by atoms with Gasteiger partial charge in [0.25, 0.3) is 0 Å². The number of benzene rings is 1. The van der Waals surface area contributed by atoms with Crippen molar-refractivity contribution in [3.8, 4) is 0 Å². The van der Waals surface area contributed by atoms with Crippen molar-refractivity contribution in [2.24, 2.45) is 12.9 Å². The molecular weight excluding hydrogens is 255 g/mol. The average molecular weight is 269 g/mol. The summed E-state index contributed by atoms with van der Waals surface area (Å²) in [6.07, 6.45) is 2.08. The van der Waals surface area contributed by atoms with Gasteiger partial charge in [0.1, 0.15) is 5.82 Å². The maximum Gasteiger partial charge on any atom is 0.126 e. The summed E-state index contributed by atoms with van der Waals surface area (Å²) >= 11 is 5.86. The Bertz CT molecular complexity index is 541. The molecule has 0 saturated carbocycles. The molecular formula is C12H14ClFN4. The minimum atomic E-state index is -0.290. The van der Waals surface area contributed by atoms with E-state index in [-0.39, 0.29) is 11.9 Å². The third-order valence-corrected chi connectivity index (χ3v) is 3.08. The highest BCUT2D eigenvalue weighted by Gasteiger charge is 2.16. The van der Waals surface area contributed by atoms with Gasteiger partial charge < -0.3 is 0 Å². The highest BCUT2D eigenvalue weighted by molar-refractivity contribution is 6.30. The molecule has 0 aliphatic carbocycles. The number of nitrogens with two attached hydrogens (primary N) is 1. The largest absolute Gasteiger partial charge is 0.271 e. The van der Waals surface area contributed by atoms with Crippen molar-refractivity contribution >= 4 is 11.6 Å². The molecule has 4 nitrogen and oxygen atoms in total. The minimum absolute atomic E-state index is 0.217. The van der Waals surface area contributed by atoms with Crippen LogP contribution in [0.1, 0.15) is 17.3 Å². The topological polar surface area (TPSA) is 55.9 Å². The minimum Gasteiger partial charge on any atom is -0.271 e. The second-order valence-electron chi connectivity index (χ2n) is 4.04. The van der Waals surface area contributed by atoms with Crippen LogP contribution in [0.3, 0.4) is 0 Å². The molecule has 18 heavy (non-hydrogen) atoms. The van der Waals surface area contributed by atoms with Gasteiger partial charge in [-0.3, -0.25) is 16.0 Å². The molecule has 0 spiro atoms. The van der Waals surface area contributed by atoms with Crippen molar-refractivity contribution < 1.29 is 4.39 Å². The molecule has 1 aromatic heterocycles. The summed E-state index contributed by atoms with van der Waals surface area (Å²) in [5, 5.41) is 4.58. The summed E-state index contributed by atoms with van der Waals surface area (Å²) < 4.78 is 15.4. The molecule has 1 aromatic carbocycles. The van der Waals surface area contributed by atoms with E-state index in [0.29, 0.717) is 17.0 Å². The van der Waals surface area contributed by atoms with E-state index in [1.807, 2.05) is 13.1 Å². The maximum atomic E-state index is 13.7. The van der Waals surface area contributed by atoms with Gasteiger partial charge in [0.2, 0.25) is 0 Å². The third kappa shape index (κ3) is 2.69. The van der Waals surface area contributed by atoms with Gasteiger partial charge in [-0.15, -0.1) is 0 Å². The number of hydrogen-bond acceptors (Lipinski definition) is 3. The molecule has 2 rings (SSSR count). The van der Waals surface area contributed by atoms with Gasteiger partial charge >= 0.3 is 0 Å². The van der Waals surface area contributed by atoms with Crippen LogP contribution in [0.2, 0.25) is 5.02 Å². The maximum absolute atomic E-state index is 13.7. The summed E-state index contributed by atoms with van der Waals surface area (Å²) in [7, 11) is 1.81. The van der Waals surface area contributed by atoms with Crippen molar-refractivity contribution in [3.63, 3.8) is 0 Å². The first-order valence-corrected chi connectivity index (χ1v) is 5.87. The number of halogens is 2. The molecule has 0 saturated heterocycles. The predicted molar refractivity (Wildman–Crippen MR) is 68.4 cm³/mol. The van der Waals surface area contributed by atoms with Crippen LogP contribution in [0, 0.1) is 5.82 Å². The lowest BCUT2D eigenvalue weighted by atomic mass is 10.0. The first-order chi connectivity index (χ1) is 8.61. The van der Waals surface area contributed by atoms with Crippen molar-refractivity contribution in [2.45, 2.75) is 12.5 Å². The Morgan fingerprint density at radius 1 is 1.50 bits per heavy atom. The van der Waals surface area contributed by atoms with Crippen molar-refractivity contribution in [3.05, 3.63) is 52.6 Å². The molecule has 1 atom stereocenters. The van der Waals surface area contributed by atoms with Crippen LogP contribution in [0.15, 0.2) is 30.5 Å². The lowest BCUT2D eigenvalue weighted by Gasteiger charge is -2.16. The van der Waals surface area contributed by atoms with Crippen molar-refractivity contribution in [1.82, 2.24) is 15.2 Å². The molecule has 1 unspecified atom stereocenters. The van der Waals surface area contributed by atoms with Crippen LogP contribution in [0.25, 0.3) is 0 Å². The number of hydrazine groups is 1. The van der Waals surface area contributed by atoms with E-state index in [1.54, 1.807) is 16.9 Å². The van der Waals surface area contributed by atoms with Crippen LogP contribution >= 0.6 is 11.6 Å². The predicted octanol–water partition coefficient (Wildman–Crippen LogP) is 1.96. The summed E-state index contributed by atoms with van der Waals surface area (Å²) in [6.45, 7) is 0. The van der Waals surface area contributed by atoms with Gasteiger partial charge in [-0.2, -0.15) is 5.10 Å². The van der Waals surface area contributed by atoms with Crippen LogP contribution in [-0.4, -0.2) is 9.78 Å². The Hall–Kier alpha value is -1.43. The second-order valence-corrected chi connectivity index (χ2v) is 4.48. The zero-order valence-corrected chi connectivity index (χ0v) is 10.7. The zero-order chi connectivity index (χ0) is 13.1. The van der Waals surface area contributed by atoms with Crippen LogP contribution < -0.4 is 11.3 Å². The normalized spacial score (nSPS) is 12.7. The Balaban J connectivity index is 2.26. The molecule has 0 amide bonds. The quantitative estimate of drug-likeness (QED) is 0.658. The van der Waals surface area contributed by atoms with Crippen LogP contribution in [-0.2, 0) is 13.5 Å². The fourth-order valence-corrected chi connectivity index (χ4v) is 2.09. The fraction of sp³-hybridized carbons (Fsp3) is 0.250. The van der Waals surface area contributed by atoms with Crippen LogP contribution in [0.4, 0.5) is 4.39 Å². The summed E-state index contributed by atoms with van der Waals surface area (Å²) in [4.78, 5) is 0. The molecule has 0 aliphatic heterocycles. The SMILES string of the molecule is Cn1nccc1C(Cc1cc(Cl)ccc1F)NN. The van der Waals surface area contributed by atoms with Crippen LogP contribution in [0.5, 0.6) is 0 Å². The number of aryl methyl sites for hydroxylation is 1. The van der Waals surface area contributed by atoms with Gasteiger partial charge in [-0.1, -0.05) is 11.6 Å². The zero-order valence-electron chi connectivity index (χ0n) is 9.90. The number of rotatable bonds is 4. The summed E-state index contributed by atoms with van der Waals surface area (Å²) in [6, 6.07) is 6.11. The average Bonchev–Trinajstić information content (AvgIpc) is 2.77. The van der Waals surface area contributed by atoms with E-state index < -0.39 is 0 Å². The van der Waals surface area contributed by atoms with Crippen molar-refractivity contribution in [1.29, 1.82) is 0 Å². The lowest BCUT2D eigenvalue weighted by Crippen LogP contribution is -2.31. The summed E-state index contributed by atoms with van der Waals surface area (Å²) in [5.41, 5.74) is 4.08. The van der Waals surface area contributed by atoms with Gasteiger partial charge in [0, 0.05) is 18.3 Å². The molecule has 3 N–H and O–H groups in total. The van der Waals surface area contributed by atoms with E-state index >= 15 is 0 Å². The first-order valence-electron chi connectivity index (χ1n) is 5.49. The van der Waals surface area contributed by atoms with E-state index in [4.69, 9.17) is 17.4 Å². The Labute approximate surface area is 110 Å². The Morgan fingerprint density at radius 3 is 2.89 bits per heavy atom. The molecule has 2 aromatic rings.